The van der Waals surface area contributed by atoms with Crippen LogP contribution in [0.25, 0.3) is 0 Å². The van der Waals surface area contributed by atoms with Gasteiger partial charge in [0, 0.05) is 5.56 Å². The van der Waals surface area contributed by atoms with E-state index in [2.05, 4.69) is 0 Å². The van der Waals surface area contributed by atoms with Crippen LogP contribution in [0, 0.1) is 13.8 Å². The summed E-state index contributed by atoms with van der Waals surface area (Å²) in [5, 5.41) is 0. The molecule has 26 heavy (non-hydrogen) atoms. The largest absolute Gasteiger partial charge is 0.459 e. The van der Waals surface area contributed by atoms with E-state index in [1.54, 1.807) is 32.9 Å². The second-order valence-electron chi connectivity index (χ2n) is 7.01. The Balaban J connectivity index is 0.00000163. The van der Waals surface area contributed by atoms with E-state index in [4.69, 9.17) is 9.30 Å². The summed E-state index contributed by atoms with van der Waals surface area (Å²) in [5.41, 5.74) is 2.33. The van der Waals surface area contributed by atoms with Crippen LogP contribution in [0.4, 0.5) is 0 Å². The predicted molar refractivity (Wildman–Crippen MR) is 106 cm³/mol. The fraction of sp³-hybridized carbons (Fsp3) is 0.333. The molecule has 5 heteroatoms. The molecule has 0 aliphatic carbocycles. The molecule has 0 heterocycles. The smallest absolute Gasteiger partial charge is 0.321 e. The quantitative estimate of drug-likeness (QED) is 0.334. The van der Waals surface area contributed by atoms with Gasteiger partial charge >= 0.3 is 15.1 Å². The zero-order valence-corrected chi connectivity index (χ0v) is 17.1. The Morgan fingerprint density at radius 3 is 1.85 bits per heavy atom. The van der Waals surface area contributed by atoms with Crippen LogP contribution in [0.5, 0.6) is 0 Å². The van der Waals surface area contributed by atoms with Gasteiger partial charge in [-0.2, -0.15) is 0 Å². The Labute approximate surface area is 157 Å². The SMILES string of the molecule is Cc1cccc(C)c1C(=O)C(C(=O)OC(C)(C)C)c1ccccc1.O=[PH2+]. The number of aryl methyl sites for hydroxylation is 2. The van der Waals surface area contributed by atoms with Gasteiger partial charge in [-0.05, 0) is 51.3 Å². The molecule has 0 saturated heterocycles. The number of benzene rings is 2. The van der Waals surface area contributed by atoms with E-state index in [0.717, 1.165) is 11.1 Å². The minimum atomic E-state index is -0.953. The number of carbonyl (C=O) groups excluding carboxylic acids is 2. The summed E-state index contributed by atoms with van der Waals surface area (Å²) in [7, 11) is 1.17. The third kappa shape index (κ3) is 5.60. The zero-order chi connectivity index (χ0) is 19.9. The molecular formula is C21H26O4P+. The average Bonchev–Trinajstić information content (AvgIpc) is 2.56. The lowest BCUT2D eigenvalue weighted by molar-refractivity contribution is -0.155. The topological polar surface area (TPSA) is 60.4 Å². The third-order valence-corrected chi connectivity index (χ3v) is 3.77. The highest BCUT2D eigenvalue weighted by molar-refractivity contribution is 7.00. The lowest BCUT2D eigenvalue weighted by Crippen LogP contribution is -2.32. The maximum Gasteiger partial charge on any atom is 0.321 e. The van der Waals surface area contributed by atoms with E-state index in [1.807, 2.05) is 50.2 Å². The first-order valence-corrected chi connectivity index (χ1v) is 8.79. The van der Waals surface area contributed by atoms with Crippen molar-refractivity contribution in [3.63, 3.8) is 0 Å². The average molecular weight is 373 g/mol. The van der Waals surface area contributed by atoms with Gasteiger partial charge in [-0.25, -0.2) is 0 Å². The van der Waals surface area contributed by atoms with E-state index in [1.165, 1.54) is 9.12 Å². The Hall–Kier alpha value is -2.32. The van der Waals surface area contributed by atoms with E-state index in [0.29, 0.717) is 11.1 Å². The molecule has 2 aromatic carbocycles. The Kier molecular flexibility index (Phi) is 7.85. The van der Waals surface area contributed by atoms with E-state index >= 15 is 0 Å². The second-order valence-corrected chi connectivity index (χ2v) is 7.01. The van der Waals surface area contributed by atoms with Crippen molar-refractivity contribution in [1.82, 2.24) is 0 Å². The zero-order valence-electron chi connectivity index (χ0n) is 15.9. The van der Waals surface area contributed by atoms with Gasteiger partial charge in [-0.1, -0.05) is 53.1 Å². The summed E-state index contributed by atoms with van der Waals surface area (Å²) in [5.74, 6) is -1.68. The van der Waals surface area contributed by atoms with Crippen molar-refractivity contribution in [2.45, 2.75) is 46.1 Å². The second kappa shape index (κ2) is 9.40. The molecule has 0 fully saturated rings. The minimum Gasteiger partial charge on any atom is -0.459 e. The number of hydrogen-bond acceptors (Lipinski definition) is 4. The number of rotatable bonds is 4. The number of hydrogen-bond donors (Lipinski definition) is 0. The van der Waals surface area contributed by atoms with Crippen LogP contribution in [0.15, 0.2) is 48.5 Å². The van der Waals surface area contributed by atoms with Crippen LogP contribution in [0.2, 0.25) is 0 Å². The Morgan fingerprint density at radius 2 is 1.38 bits per heavy atom. The van der Waals surface area contributed by atoms with Crippen molar-refractivity contribution < 1.29 is 18.9 Å². The lowest BCUT2D eigenvalue weighted by Gasteiger charge is -2.24. The maximum absolute atomic E-state index is 13.2. The molecule has 0 radical (unpaired) electrons. The third-order valence-electron chi connectivity index (χ3n) is 3.77. The standard InChI is InChI=1S/C21H24O3.H2OP/c1-14-10-9-11-15(2)17(14)19(22)18(16-12-7-6-8-13-16)20(23)24-21(3,4)5;1-2/h6-13,18H,1-5H3;2H2/q;+1. The number of carbonyl (C=O) groups is 2. The number of ether oxygens (including phenoxy) is 1. The van der Waals surface area contributed by atoms with Crippen molar-refractivity contribution in [2.24, 2.45) is 0 Å². The van der Waals surface area contributed by atoms with Gasteiger partial charge in [-0.3, -0.25) is 9.59 Å². The molecule has 0 spiro atoms. The summed E-state index contributed by atoms with van der Waals surface area (Å²) >= 11 is 0. The van der Waals surface area contributed by atoms with Crippen LogP contribution < -0.4 is 0 Å². The number of esters is 1. The van der Waals surface area contributed by atoms with Gasteiger partial charge in [0.1, 0.15) is 11.5 Å². The molecule has 0 amide bonds. The molecule has 2 atom stereocenters. The van der Waals surface area contributed by atoms with Crippen LogP contribution in [-0.2, 0) is 14.1 Å². The summed E-state index contributed by atoms with van der Waals surface area (Å²) in [6.45, 7) is 9.18. The highest BCUT2D eigenvalue weighted by Gasteiger charge is 2.34. The van der Waals surface area contributed by atoms with Crippen LogP contribution in [0.3, 0.4) is 0 Å². The highest BCUT2D eigenvalue weighted by Crippen LogP contribution is 2.27. The van der Waals surface area contributed by atoms with Crippen molar-refractivity contribution in [2.75, 3.05) is 0 Å². The van der Waals surface area contributed by atoms with Crippen LogP contribution in [-0.4, -0.2) is 17.4 Å². The molecule has 2 aromatic rings. The molecule has 4 nitrogen and oxygen atoms in total. The molecule has 0 N–H and O–H groups in total. The monoisotopic (exact) mass is 373 g/mol. The first-order chi connectivity index (χ1) is 12.2. The minimum absolute atomic E-state index is 0.217. The number of Topliss-reactive ketones (excluding diaryl/α,β-unsaturated/α-hetero) is 1. The molecule has 138 valence electrons. The van der Waals surface area contributed by atoms with Gasteiger partial charge < -0.3 is 4.74 Å². The summed E-state index contributed by atoms with van der Waals surface area (Å²) in [6.07, 6.45) is 0. The highest BCUT2D eigenvalue weighted by atomic mass is 31.0. The maximum atomic E-state index is 13.2. The molecular weight excluding hydrogens is 347 g/mol. The normalized spacial score (nSPS) is 11.7. The first-order valence-electron chi connectivity index (χ1n) is 8.32. The van der Waals surface area contributed by atoms with Crippen molar-refractivity contribution in [1.29, 1.82) is 0 Å². The first kappa shape index (κ1) is 21.7. The molecule has 0 aliphatic heterocycles. The fourth-order valence-electron chi connectivity index (χ4n) is 2.75. The van der Waals surface area contributed by atoms with Gasteiger partial charge in [-0.15, -0.1) is 0 Å². The fourth-order valence-corrected chi connectivity index (χ4v) is 2.75. The molecule has 2 rings (SSSR count). The van der Waals surface area contributed by atoms with E-state index in [9.17, 15) is 9.59 Å². The Morgan fingerprint density at radius 1 is 0.885 bits per heavy atom. The van der Waals surface area contributed by atoms with Crippen molar-refractivity contribution in [3.8, 4) is 0 Å². The molecule has 2 unspecified atom stereocenters. The Bertz CT molecular complexity index is 743. The van der Waals surface area contributed by atoms with Gasteiger partial charge in [0.25, 0.3) is 0 Å². The van der Waals surface area contributed by atoms with Crippen LogP contribution >= 0.6 is 9.12 Å². The molecule has 0 aliphatic rings. The van der Waals surface area contributed by atoms with E-state index < -0.39 is 17.5 Å². The van der Waals surface area contributed by atoms with Gasteiger partial charge in [0.2, 0.25) is 0 Å². The molecule has 0 aromatic heterocycles. The van der Waals surface area contributed by atoms with Crippen LogP contribution in [0.1, 0.15) is 53.7 Å². The summed E-state index contributed by atoms with van der Waals surface area (Å²) in [6, 6.07) is 14.8. The number of ketones is 1. The molecule has 0 saturated carbocycles. The van der Waals surface area contributed by atoms with Gasteiger partial charge in [0.15, 0.2) is 5.78 Å². The summed E-state index contributed by atoms with van der Waals surface area (Å²) < 4.78 is 13.7. The predicted octanol–water partition coefficient (Wildman–Crippen LogP) is 4.82. The van der Waals surface area contributed by atoms with Gasteiger partial charge in [0.05, 0.1) is 0 Å². The lowest BCUT2D eigenvalue weighted by atomic mass is 9.86. The summed E-state index contributed by atoms with van der Waals surface area (Å²) in [4.78, 5) is 26.0. The molecule has 0 bridgehead atoms. The van der Waals surface area contributed by atoms with Crippen molar-refractivity contribution >= 4 is 20.9 Å². The van der Waals surface area contributed by atoms with Crippen molar-refractivity contribution in [3.05, 3.63) is 70.8 Å². The van der Waals surface area contributed by atoms with E-state index in [-0.39, 0.29) is 5.78 Å².